The van der Waals surface area contributed by atoms with Crippen LogP contribution in [0.4, 0.5) is 18.9 Å². The van der Waals surface area contributed by atoms with Crippen molar-refractivity contribution in [2.75, 3.05) is 37.7 Å². The van der Waals surface area contributed by atoms with Crippen LogP contribution in [-0.4, -0.2) is 48.7 Å². The summed E-state index contributed by atoms with van der Waals surface area (Å²) in [6.07, 6.45) is -4.06. The quantitative estimate of drug-likeness (QED) is 0.752. The van der Waals surface area contributed by atoms with Crippen molar-refractivity contribution < 1.29 is 23.1 Å². The molecule has 5 nitrogen and oxygen atoms in total. The molecule has 0 saturated carbocycles. The average Bonchev–Trinajstić information content (AvgIpc) is 3.18. The van der Waals surface area contributed by atoms with Crippen molar-refractivity contribution in [1.29, 1.82) is 5.26 Å². The molecule has 2 fully saturated rings. The molecule has 0 spiro atoms. The lowest BCUT2D eigenvalue weighted by Crippen LogP contribution is -2.49. The van der Waals surface area contributed by atoms with Crippen LogP contribution in [0.15, 0.2) is 36.4 Å². The molecule has 2 aliphatic rings. The number of aliphatic hydroxyl groups is 1. The van der Waals surface area contributed by atoms with Gasteiger partial charge in [-0.1, -0.05) is 17.7 Å². The van der Waals surface area contributed by atoms with E-state index in [4.69, 9.17) is 5.26 Å². The van der Waals surface area contributed by atoms with E-state index in [0.29, 0.717) is 43.9 Å². The standard InChI is InChI=1S/C25H26F3N3O2/c1-16-3-4-17(2)21(9-16)23(33)31-13-19-12-30(8-7-24(19,14-31)15-32)20-6-5-18(11-29)22(10-20)25(26,27)28/h3-6,9-10,19,32H,7-8,12-15H2,1-2H3/t19-,24+/m1/s1. The second-order valence-electron chi connectivity index (χ2n) is 9.26. The second kappa shape index (κ2) is 8.38. The van der Waals surface area contributed by atoms with E-state index < -0.39 is 22.7 Å². The van der Waals surface area contributed by atoms with Gasteiger partial charge in [0.2, 0.25) is 0 Å². The molecule has 2 aliphatic heterocycles. The van der Waals surface area contributed by atoms with Gasteiger partial charge >= 0.3 is 6.18 Å². The Morgan fingerprint density at radius 1 is 1.21 bits per heavy atom. The number of amides is 1. The van der Waals surface area contributed by atoms with Crippen LogP contribution in [0.25, 0.3) is 0 Å². The van der Waals surface area contributed by atoms with E-state index in [2.05, 4.69) is 0 Å². The molecule has 4 rings (SSSR count). The topological polar surface area (TPSA) is 67.6 Å². The molecular weight excluding hydrogens is 431 g/mol. The van der Waals surface area contributed by atoms with Gasteiger partial charge in [-0.3, -0.25) is 4.79 Å². The minimum Gasteiger partial charge on any atom is -0.396 e. The summed E-state index contributed by atoms with van der Waals surface area (Å²) in [7, 11) is 0. The molecule has 0 aromatic heterocycles. The van der Waals surface area contributed by atoms with E-state index in [1.807, 2.05) is 36.9 Å². The Hall–Kier alpha value is -3.05. The van der Waals surface area contributed by atoms with Crippen LogP contribution < -0.4 is 4.90 Å². The van der Waals surface area contributed by atoms with Gasteiger partial charge in [0.1, 0.15) is 0 Å². The number of likely N-dealkylation sites (tertiary alicyclic amines) is 1. The van der Waals surface area contributed by atoms with Gasteiger partial charge in [-0.15, -0.1) is 0 Å². The lowest BCUT2D eigenvalue weighted by Gasteiger charge is -2.43. The number of nitrogens with zero attached hydrogens (tertiary/aromatic N) is 3. The molecule has 2 heterocycles. The van der Waals surface area contributed by atoms with Crippen molar-refractivity contribution in [2.24, 2.45) is 11.3 Å². The van der Waals surface area contributed by atoms with Crippen LogP contribution in [0.1, 0.15) is 39.0 Å². The molecule has 0 radical (unpaired) electrons. The Kier molecular flexibility index (Phi) is 5.87. The third kappa shape index (κ3) is 4.18. The van der Waals surface area contributed by atoms with Crippen LogP contribution in [-0.2, 0) is 6.18 Å². The van der Waals surface area contributed by atoms with Gasteiger partial charge in [0, 0.05) is 48.8 Å². The summed E-state index contributed by atoms with van der Waals surface area (Å²) in [6.45, 7) is 5.50. The van der Waals surface area contributed by atoms with Crippen molar-refractivity contribution in [1.82, 2.24) is 4.90 Å². The van der Waals surface area contributed by atoms with Crippen molar-refractivity contribution >= 4 is 11.6 Å². The minimum atomic E-state index is -4.62. The molecule has 2 aromatic rings. The highest BCUT2D eigenvalue weighted by atomic mass is 19.4. The van der Waals surface area contributed by atoms with Crippen LogP contribution in [0.2, 0.25) is 0 Å². The van der Waals surface area contributed by atoms with Crippen LogP contribution in [0.5, 0.6) is 0 Å². The second-order valence-corrected chi connectivity index (χ2v) is 9.26. The normalized spacial score (nSPS) is 22.8. The molecule has 2 atom stereocenters. The summed E-state index contributed by atoms with van der Waals surface area (Å²) < 4.78 is 40.3. The summed E-state index contributed by atoms with van der Waals surface area (Å²) in [5.41, 5.74) is 1.09. The Bertz CT molecular complexity index is 1120. The number of hydrogen-bond acceptors (Lipinski definition) is 4. The number of halogens is 3. The number of nitriles is 1. The highest BCUT2D eigenvalue weighted by Gasteiger charge is 2.50. The number of carbonyl (C=O) groups is 1. The number of alkyl halides is 3. The fourth-order valence-corrected chi connectivity index (χ4v) is 5.13. The first-order valence-electron chi connectivity index (χ1n) is 10.9. The van der Waals surface area contributed by atoms with Gasteiger partial charge in [0.25, 0.3) is 5.91 Å². The third-order valence-electron chi connectivity index (χ3n) is 7.15. The van der Waals surface area contributed by atoms with E-state index in [1.54, 1.807) is 11.0 Å². The molecule has 1 N–H and O–H groups in total. The fourth-order valence-electron chi connectivity index (χ4n) is 5.13. The monoisotopic (exact) mass is 457 g/mol. The van der Waals surface area contributed by atoms with Crippen molar-refractivity contribution in [3.63, 3.8) is 0 Å². The first kappa shape index (κ1) is 23.1. The number of carbonyl (C=O) groups excluding carboxylic acids is 1. The van der Waals surface area contributed by atoms with Crippen LogP contribution in [0, 0.1) is 36.5 Å². The summed E-state index contributed by atoms with van der Waals surface area (Å²) in [5, 5.41) is 19.3. The molecule has 0 aliphatic carbocycles. The maximum Gasteiger partial charge on any atom is 0.417 e. The zero-order valence-corrected chi connectivity index (χ0v) is 18.6. The summed E-state index contributed by atoms with van der Waals surface area (Å²) in [5.74, 6) is -0.155. The zero-order chi connectivity index (χ0) is 24.0. The third-order valence-corrected chi connectivity index (χ3v) is 7.15. The van der Waals surface area contributed by atoms with Crippen molar-refractivity contribution in [3.8, 4) is 6.07 Å². The van der Waals surface area contributed by atoms with E-state index >= 15 is 0 Å². The number of fused-ring (bicyclic) bond motifs is 1. The maximum absolute atomic E-state index is 13.4. The van der Waals surface area contributed by atoms with Gasteiger partial charge in [-0.2, -0.15) is 18.4 Å². The van der Waals surface area contributed by atoms with Gasteiger partial charge in [0.15, 0.2) is 0 Å². The Labute approximate surface area is 191 Å². The molecule has 0 bridgehead atoms. The smallest absolute Gasteiger partial charge is 0.396 e. The van der Waals surface area contributed by atoms with Crippen LogP contribution in [0.3, 0.4) is 0 Å². The first-order valence-corrected chi connectivity index (χ1v) is 10.9. The Morgan fingerprint density at radius 2 is 1.97 bits per heavy atom. The maximum atomic E-state index is 13.4. The van der Waals surface area contributed by atoms with Gasteiger partial charge in [0.05, 0.1) is 23.8 Å². The molecule has 0 unspecified atom stereocenters. The minimum absolute atomic E-state index is 0.0738. The number of piperidine rings is 1. The molecule has 2 saturated heterocycles. The highest BCUT2D eigenvalue weighted by molar-refractivity contribution is 5.96. The Morgan fingerprint density at radius 3 is 2.64 bits per heavy atom. The molecule has 174 valence electrons. The van der Waals surface area contributed by atoms with Crippen molar-refractivity contribution in [2.45, 2.75) is 26.4 Å². The molecule has 2 aromatic carbocycles. The van der Waals surface area contributed by atoms with Gasteiger partial charge < -0.3 is 14.9 Å². The molecule has 1 amide bonds. The number of aliphatic hydroxyl groups excluding tert-OH is 1. The lowest BCUT2D eigenvalue weighted by atomic mass is 9.73. The summed E-state index contributed by atoms with van der Waals surface area (Å²) in [4.78, 5) is 16.9. The predicted octanol–water partition coefficient (Wildman–Crippen LogP) is 4.15. The van der Waals surface area contributed by atoms with E-state index in [0.717, 1.165) is 17.2 Å². The number of rotatable bonds is 3. The number of hydrogen-bond donors (Lipinski definition) is 1. The SMILES string of the molecule is Cc1ccc(C)c(C(=O)N2C[C@H]3CN(c4ccc(C#N)c(C(F)(F)F)c4)CC[C@@]3(CO)C2)c1. The predicted molar refractivity (Wildman–Crippen MR) is 118 cm³/mol. The summed E-state index contributed by atoms with van der Waals surface area (Å²) >= 11 is 0. The fraction of sp³-hybridized carbons (Fsp3) is 0.440. The Balaban J connectivity index is 1.58. The summed E-state index contributed by atoms with van der Waals surface area (Å²) in [6, 6.07) is 11.1. The molecular formula is C25H26F3N3O2. The van der Waals surface area contributed by atoms with E-state index in [1.165, 1.54) is 12.1 Å². The number of aryl methyl sites for hydroxylation is 2. The first-order chi connectivity index (χ1) is 15.6. The zero-order valence-electron chi connectivity index (χ0n) is 18.6. The van der Waals surface area contributed by atoms with Crippen molar-refractivity contribution in [3.05, 3.63) is 64.2 Å². The number of benzene rings is 2. The van der Waals surface area contributed by atoms with E-state index in [9.17, 15) is 23.1 Å². The highest BCUT2D eigenvalue weighted by Crippen LogP contribution is 2.44. The number of anilines is 1. The largest absolute Gasteiger partial charge is 0.417 e. The average molecular weight is 457 g/mol. The lowest BCUT2D eigenvalue weighted by molar-refractivity contribution is -0.137. The van der Waals surface area contributed by atoms with Crippen LogP contribution >= 0.6 is 0 Å². The molecule has 33 heavy (non-hydrogen) atoms. The van der Waals surface area contributed by atoms with E-state index in [-0.39, 0.29) is 18.4 Å². The van der Waals surface area contributed by atoms with Gasteiger partial charge in [-0.25, -0.2) is 0 Å². The van der Waals surface area contributed by atoms with Gasteiger partial charge in [-0.05, 0) is 50.1 Å². The molecule has 8 heteroatoms.